The standard InChI is InChI=1S/C19H20N4O4/c1-19(2,3)21-17-16(12-5-8-14(9-6-12)23(25)26)20-15-10-7-13(11-22(15)17)18(24)27-4/h5-11,21H,1-4H3. The lowest BCUT2D eigenvalue weighted by atomic mass is 10.1. The van der Waals surface area contributed by atoms with Crippen LogP contribution in [0.25, 0.3) is 16.9 Å². The molecule has 0 spiro atoms. The van der Waals surface area contributed by atoms with Crippen molar-refractivity contribution in [3.8, 4) is 11.3 Å². The molecule has 0 unspecified atom stereocenters. The predicted molar refractivity (Wildman–Crippen MR) is 102 cm³/mol. The number of methoxy groups -OCH3 is 1. The number of pyridine rings is 1. The van der Waals surface area contributed by atoms with E-state index in [1.165, 1.54) is 19.2 Å². The van der Waals surface area contributed by atoms with Crippen molar-refractivity contribution in [3.05, 3.63) is 58.3 Å². The Kier molecular flexibility index (Phi) is 4.57. The van der Waals surface area contributed by atoms with E-state index in [2.05, 4.69) is 10.3 Å². The zero-order valence-corrected chi connectivity index (χ0v) is 15.5. The van der Waals surface area contributed by atoms with E-state index in [4.69, 9.17) is 4.74 Å². The van der Waals surface area contributed by atoms with Crippen LogP contribution in [-0.2, 0) is 4.74 Å². The number of non-ortho nitro benzene ring substituents is 1. The summed E-state index contributed by atoms with van der Waals surface area (Å²) in [5.41, 5.74) is 2.16. The van der Waals surface area contributed by atoms with Crippen molar-refractivity contribution in [3.63, 3.8) is 0 Å². The number of nitrogens with one attached hydrogen (secondary N) is 1. The van der Waals surface area contributed by atoms with Crippen LogP contribution < -0.4 is 5.32 Å². The molecule has 0 fully saturated rings. The number of nitrogens with zero attached hydrogens (tertiary/aromatic N) is 3. The molecule has 2 aromatic heterocycles. The maximum absolute atomic E-state index is 11.9. The Balaban J connectivity index is 2.19. The summed E-state index contributed by atoms with van der Waals surface area (Å²) in [5.74, 6) is 0.251. The second kappa shape index (κ2) is 6.71. The van der Waals surface area contributed by atoms with Gasteiger partial charge in [0.15, 0.2) is 0 Å². The monoisotopic (exact) mass is 368 g/mol. The molecule has 2 heterocycles. The molecule has 1 aromatic carbocycles. The summed E-state index contributed by atoms with van der Waals surface area (Å²) >= 11 is 0. The van der Waals surface area contributed by atoms with Crippen LogP contribution in [0.1, 0.15) is 31.1 Å². The molecular weight excluding hydrogens is 348 g/mol. The van der Waals surface area contributed by atoms with E-state index in [0.717, 1.165) is 5.56 Å². The normalized spacial score (nSPS) is 11.4. The highest BCUT2D eigenvalue weighted by Gasteiger charge is 2.21. The Hall–Kier alpha value is -3.42. The SMILES string of the molecule is COC(=O)c1ccc2nc(-c3ccc([N+](=O)[O-])cc3)c(NC(C)(C)C)n2c1. The summed E-state index contributed by atoms with van der Waals surface area (Å²) in [5, 5.41) is 14.3. The summed E-state index contributed by atoms with van der Waals surface area (Å²) < 4.78 is 6.58. The third kappa shape index (κ3) is 3.74. The van der Waals surface area contributed by atoms with Crippen LogP contribution in [0.4, 0.5) is 11.5 Å². The lowest BCUT2D eigenvalue weighted by Crippen LogP contribution is -2.27. The average molecular weight is 368 g/mol. The molecule has 0 aliphatic carbocycles. The number of nitro groups is 1. The molecule has 8 heteroatoms. The fraction of sp³-hybridized carbons (Fsp3) is 0.263. The first-order chi connectivity index (χ1) is 12.7. The summed E-state index contributed by atoms with van der Waals surface area (Å²) in [6, 6.07) is 9.59. The first-order valence-electron chi connectivity index (χ1n) is 8.33. The summed E-state index contributed by atoms with van der Waals surface area (Å²) in [6.07, 6.45) is 1.66. The second-order valence-electron chi connectivity index (χ2n) is 7.13. The highest BCUT2D eigenvalue weighted by atomic mass is 16.6. The van der Waals surface area contributed by atoms with E-state index >= 15 is 0 Å². The number of hydrogen-bond acceptors (Lipinski definition) is 6. The number of hydrogen-bond donors (Lipinski definition) is 1. The Morgan fingerprint density at radius 2 is 1.85 bits per heavy atom. The number of benzene rings is 1. The minimum Gasteiger partial charge on any atom is -0.465 e. The van der Waals surface area contributed by atoms with Crippen molar-refractivity contribution in [2.45, 2.75) is 26.3 Å². The molecule has 0 atom stereocenters. The lowest BCUT2D eigenvalue weighted by Gasteiger charge is -2.22. The van der Waals surface area contributed by atoms with Crippen LogP contribution in [-0.4, -0.2) is 32.9 Å². The Morgan fingerprint density at radius 3 is 2.41 bits per heavy atom. The number of rotatable bonds is 4. The maximum atomic E-state index is 11.9. The van der Waals surface area contributed by atoms with Crippen LogP contribution in [0.3, 0.4) is 0 Å². The van der Waals surface area contributed by atoms with Crippen LogP contribution in [0.15, 0.2) is 42.6 Å². The first-order valence-corrected chi connectivity index (χ1v) is 8.33. The van der Waals surface area contributed by atoms with Crippen molar-refractivity contribution >= 4 is 23.1 Å². The van der Waals surface area contributed by atoms with Gasteiger partial charge in [0.05, 0.1) is 17.6 Å². The molecule has 3 aromatic rings. The second-order valence-corrected chi connectivity index (χ2v) is 7.13. The quantitative estimate of drug-likeness (QED) is 0.426. The third-order valence-corrected chi connectivity index (χ3v) is 3.88. The van der Waals surface area contributed by atoms with Crippen molar-refractivity contribution in [1.29, 1.82) is 0 Å². The van der Waals surface area contributed by atoms with Gasteiger partial charge in [-0.2, -0.15) is 0 Å². The summed E-state index contributed by atoms with van der Waals surface area (Å²) in [7, 11) is 1.33. The Bertz CT molecular complexity index is 1020. The number of nitro benzene ring substituents is 1. The molecule has 3 rings (SSSR count). The van der Waals surface area contributed by atoms with Gasteiger partial charge in [-0.25, -0.2) is 9.78 Å². The highest BCUT2D eigenvalue weighted by molar-refractivity contribution is 5.90. The van der Waals surface area contributed by atoms with Crippen LogP contribution in [0.2, 0.25) is 0 Å². The third-order valence-electron chi connectivity index (χ3n) is 3.88. The van der Waals surface area contributed by atoms with E-state index in [-0.39, 0.29) is 11.2 Å². The van der Waals surface area contributed by atoms with Crippen molar-refractivity contribution < 1.29 is 14.5 Å². The van der Waals surface area contributed by atoms with Crippen molar-refractivity contribution in [2.75, 3.05) is 12.4 Å². The maximum Gasteiger partial charge on any atom is 0.339 e. The van der Waals surface area contributed by atoms with Crippen LogP contribution in [0.5, 0.6) is 0 Å². The van der Waals surface area contributed by atoms with E-state index in [0.29, 0.717) is 22.7 Å². The average Bonchev–Trinajstić information content (AvgIpc) is 2.97. The van der Waals surface area contributed by atoms with Crippen molar-refractivity contribution in [2.24, 2.45) is 0 Å². The van der Waals surface area contributed by atoms with E-state index in [1.807, 2.05) is 20.8 Å². The zero-order valence-electron chi connectivity index (χ0n) is 15.5. The molecule has 8 nitrogen and oxygen atoms in total. The van der Waals surface area contributed by atoms with Gasteiger partial charge in [-0.05, 0) is 45.0 Å². The highest BCUT2D eigenvalue weighted by Crippen LogP contribution is 2.32. The summed E-state index contributed by atoms with van der Waals surface area (Å²) in [4.78, 5) is 27.0. The van der Waals surface area contributed by atoms with Gasteiger partial charge in [0, 0.05) is 29.4 Å². The minimum atomic E-state index is -0.441. The number of anilines is 1. The predicted octanol–water partition coefficient (Wildman–Crippen LogP) is 3.91. The molecule has 0 aliphatic rings. The molecule has 0 amide bonds. The van der Waals surface area contributed by atoms with Gasteiger partial charge in [-0.1, -0.05) is 0 Å². The molecule has 0 saturated carbocycles. The molecule has 0 bridgehead atoms. The van der Waals surface area contributed by atoms with Gasteiger partial charge < -0.3 is 10.1 Å². The van der Waals surface area contributed by atoms with Gasteiger partial charge >= 0.3 is 5.97 Å². The Morgan fingerprint density at radius 1 is 1.19 bits per heavy atom. The number of imidazole rings is 1. The van der Waals surface area contributed by atoms with Crippen LogP contribution >= 0.6 is 0 Å². The number of carbonyl (C=O) groups excluding carboxylic acids is 1. The van der Waals surface area contributed by atoms with Gasteiger partial charge in [0.25, 0.3) is 5.69 Å². The van der Waals surface area contributed by atoms with Crippen LogP contribution in [0, 0.1) is 10.1 Å². The summed E-state index contributed by atoms with van der Waals surface area (Å²) in [6.45, 7) is 6.03. The number of aromatic nitrogens is 2. The molecule has 0 saturated heterocycles. The van der Waals surface area contributed by atoms with E-state index in [9.17, 15) is 14.9 Å². The Labute approximate surface area is 155 Å². The van der Waals surface area contributed by atoms with Gasteiger partial charge in [0.1, 0.15) is 17.2 Å². The molecule has 0 radical (unpaired) electrons. The van der Waals surface area contributed by atoms with E-state index < -0.39 is 10.9 Å². The zero-order chi connectivity index (χ0) is 19.8. The number of carbonyl (C=O) groups is 1. The molecular formula is C19H20N4O4. The minimum absolute atomic E-state index is 0.0147. The lowest BCUT2D eigenvalue weighted by molar-refractivity contribution is -0.384. The topological polar surface area (TPSA) is 98.8 Å². The van der Waals surface area contributed by atoms with Crippen molar-refractivity contribution in [1.82, 2.24) is 9.38 Å². The largest absolute Gasteiger partial charge is 0.465 e. The molecule has 0 aliphatic heterocycles. The molecule has 1 N–H and O–H groups in total. The number of esters is 1. The fourth-order valence-electron chi connectivity index (χ4n) is 2.70. The van der Waals surface area contributed by atoms with Gasteiger partial charge in [-0.3, -0.25) is 14.5 Å². The van der Waals surface area contributed by atoms with Gasteiger partial charge in [-0.15, -0.1) is 0 Å². The van der Waals surface area contributed by atoms with E-state index in [1.54, 1.807) is 34.9 Å². The first kappa shape index (κ1) is 18.4. The fourth-order valence-corrected chi connectivity index (χ4v) is 2.70. The number of ether oxygens (including phenoxy) is 1. The van der Waals surface area contributed by atoms with Gasteiger partial charge in [0.2, 0.25) is 0 Å². The smallest absolute Gasteiger partial charge is 0.339 e. The molecule has 140 valence electrons. The molecule has 27 heavy (non-hydrogen) atoms. The number of fused-ring (bicyclic) bond motifs is 1.